The minimum atomic E-state index is -4.79. The maximum Gasteiger partial charge on any atom is 0.359 e. The summed E-state index contributed by atoms with van der Waals surface area (Å²) >= 11 is 0. The van der Waals surface area contributed by atoms with Gasteiger partial charge in [-0.15, -0.1) is 0 Å². The predicted octanol–water partition coefficient (Wildman–Crippen LogP) is 0.201. The number of aromatic carboxylic acids is 1. The lowest BCUT2D eigenvalue weighted by molar-refractivity contribution is 0.0688. The number of carbonyl (C=O) groups is 1. The van der Waals surface area contributed by atoms with Gasteiger partial charge in [-0.3, -0.25) is 8.97 Å². The van der Waals surface area contributed by atoms with Crippen molar-refractivity contribution in [3.8, 4) is 0 Å². The molecular weight excluding hydrogens is 263 g/mol. The van der Waals surface area contributed by atoms with E-state index in [0.29, 0.717) is 0 Å². The molecule has 2 heterocycles. The Hall–Kier alpha value is -1.73. The second kappa shape index (κ2) is 4.18. The average molecular weight is 272 g/mol. The van der Waals surface area contributed by atoms with E-state index in [9.17, 15) is 14.5 Å². The summed E-state index contributed by atoms with van der Waals surface area (Å²) in [6.45, 7) is 0. The molecule has 1 unspecified atom stereocenters. The van der Waals surface area contributed by atoms with Crippen molar-refractivity contribution in [3.63, 3.8) is 0 Å². The molecule has 0 aromatic carbocycles. The zero-order chi connectivity index (χ0) is 13.5. The second-order valence-electron chi connectivity index (χ2n) is 3.56. The van der Waals surface area contributed by atoms with Crippen molar-refractivity contribution in [1.29, 1.82) is 0 Å². The maximum atomic E-state index is 11.0. The lowest BCUT2D eigenvalue weighted by Gasteiger charge is -2.15. The first kappa shape index (κ1) is 12.7. The first-order valence-electron chi connectivity index (χ1n) is 4.75. The quantitative estimate of drug-likeness (QED) is 0.586. The summed E-state index contributed by atoms with van der Waals surface area (Å²) in [6, 6.07) is 4.11. The number of carboxylic acids is 1. The van der Waals surface area contributed by atoms with Gasteiger partial charge in [0.25, 0.3) is 0 Å². The fraction of sp³-hybridized carbons (Fsp3) is 0.111. The van der Waals surface area contributed by atoms with Crippen molar-refractivity contribution < 1.29 is 29.4 Å². The predicted molar refractivity (Wildman–Crippen MR) is 59.2 cm³/mol. The Kier molecular flexibility index (Phi) is 2.95. The topological polar surface area (TPSA) is 132 Å². The Morgan fingerprint density at radius 2 is 2.06 bits per heavy atom. The number of nitrogens with zero attached hydrogens (tertiary/aromatic N) is 2. The van der Waals surface area contributed by atoms with Crippen LogP contribution in [-0.2, 0) is 4.57 Å². The summed E-state index contributed by atoms with van der Waals surface area (Å²) < 4.78 is 12.0. The summed E-state index contributed by atoms with van der Waals surface area (Å²) in [5.41, 5.74) is -0.332. The zero-order valence-corrected chi connectivity index (χ0v) is 9.73. The van der Waals surface area contributed by atoms with Crippen LogP contribution < -0.4 is 0 Å². The molecule has 0 aliphatic heterocycles. The molecule has 0 fully saturated rings. The highest BCUT2D eigenvalue weighted by Crippen LogP contribution is 2.49. The van der Waals surface area contributed by atoms with E-state index >= 15 is 0 Å². The Bertz CT molecular complexity index is 660. The molecule has 0 saturated carbocycles. The molecule has 0 radical (unpaired) electrons. The highest BCUT2D eigenvalue weighted by molar-refractivity contribution is 7.51. The van der Waals surface area contributed by atoms with E-state index in [2.05, 4.69) is 4.98 Å². The van der Waals surface area contributed by atoms with Gasteiger partial charge in [-0.05, 0) is 12.1 Å². The second-order valence-corrected chi connectivity index (χ2v) is 5.22. The summed E-state index contributed by atoms with van der Waals surface area (Å²) in [5, 5.41) is 18.5. The van der Waals surface area contributed by atoms with Crippen LogP contribution in [0, 0.1) is 0 Å². The van der Waals surface area contributed by atoms with Crippen molar-refractivity contribution in [3.05, 3.63) is 35.8 Å². The first-order valence-corrected chi connectivity index (χ1v) is 6.43. The zero-order valence-electron chi connectivity index (χ0n) is 8.83. The third-order valence-electron chi connectivity index (χ3n) is 2.36. The van der Waals surface area contributed by atoms with Crippen LogP contribution in [0.25, 0.3) is 5.65 Å². The Morgan fingerprint density at radius 1 is 1.39 bits per heavy atom. The SMILES string of the molecule is O=C(O)c1cnc2cccc(C(O)P(=O)(O)O)n12. The lowest BCUT2D eigenvalue weighted by Crippen LogP contribution is -2.10. The molecule has 0 spiro atoms. The van der Waals surface area contributed by atoms with E-state index in [1.54, 1.807) is 0 Å². The monoisotopic (exact) mass is 272 g/mol. The number of fused-ring (bicyclic) bond motifs is 1. The van der Waals surface area contributed by atoms with Gasteiger partial charge in [0, 0.05) is 0 Å². The van der Waals surface area contributed by atoms with Crippen LogP contribution in [0.5, 0.6) is 0 Å². The molecule has 0 aliphatic carbocycles. The van der Waals surface area contributed by atoms with Crippen LogP contribution in [0.3, 0.4) is 0 Å². The van der Waals surface area contributed by atoms with Gasteiger partial charge in [0.05, 0.1) is 11.9 Å². The number of pyridine rings is 1. The molecule has 2 aromatic rings. The number of hydrogen-bond donors (Lipinski definition) is 4. The highest BCUT2D eigenvalue weighted by Gasteiger charge is 2.31. The number of aliphatic hydroxyl groups excluding tert-OH is 1. The fourth-order valence-electron chi connectivity index (χ4n) is 1.59. The molecule has 9 heteroatoms. The third-order valence-corrected chi connectivity index (χ3v) is 3.26. The number of hydrogen-bond acceptors (Lipinski definition) is 4. The lowest BCUT2D eigenvalue weighted by atomic mass is 10.3. The van der Waals surface area contributed by atoms with Gasteiger partial charge >= 0.3 is 13.6 Å². The van der Waals surface area contributed by atoms with Crippen LogP contribution in [-0.4, -0.2) is 35.4 Å². The van der Waals surface area contributed by atoms with Crippen LogP contribution >= 0.6 is 7.60 Å². The third kappa shape index (κ3) is 2.02. The van der Waals surface area contributed by atoms with Crippen LogP contribution in [0.1, 0.15) is 22.0 Å². The Balaban J connectivity index is 2.75. The molecule has 18 heavy (non-hydrogen) atoms. The van der Waals surface area contributed by atoms with Gasteiger partial charge in [-0.25, -0.2) is 9.78 Å². The number of imidazole rings is 1. The number of aliphatic hydroxyl groups is 1. The number of aromatic nitrogens is 2. The van der Waals surface area contributed by atoms with Gasteiger partial charge in [0.1, 0.15) is 5.65 Å². The van der Waals surface area contributed by atoms with Gasteiger partial charge < -0.3 is 20.0 Å². The largest absolute Gasteiger partial charge is 0.477 e. The van der Waals surface area contributed by atoms with Crippen molar-refractivity contribution >= 4 is 19.2 Å². The van der Waals surface area contributed by atoms with E-state index < -0.39 is 19.4 Å². The minimum absolute atomic E-state index is 0.178. The molecular formula is C9H9N2O6P. The van der Waals surface area contributed by atoms with Crippen molar-refractivity contribution in [2.45, 2.75) is 5.85 Å². The molecule has 0 bridgehead atoms. The molecule has 4 N–H and O–H groups in total. The highest BCUT2D eigenvalue weighted by atomic mass is 31.2. The van der Waals surface area contributed by atoms with E-state index in [1.165, 1.54) is 18.2 Å². The maximum absolute atomic E-state index is 11.0. The Morgan fingerprint density at radius 3 is 2.61 bits per heavy atom. The van der Waals surface area contributed by atoms with Gasteiger partial charge in [0.15, 0.2) is 11.5 Å². The van der Waals surface area contributed by atoms with Crippen molar-refractivity contribution in [2.75, 3.05) is 0 Å². The molecule has 96 valence electrons. The van der Waals surface area contributed by atoms with Crippen LogP contribution in [0.15, 0.2) is 24.4 Å². The number of rotatable bonds is 3. The summed E-state index contributed by atoms with van der Waals surface area (Å²) in [5.74, 6) is -3.42. The van der Waals surface area contributed by atoms with E-state index in [0.717, 1.165) is 10.6 Å². The Labute approximate surface area is 100 Å². The first-order chi connectivity index (χ1) is 8.32. The number of carboxylic acid groups (broad SMARTS) is 1. The molecule has 8 nitrogen and oxygen atoms in total. The summed E-state index contributed by atoms with van der Waals surface area (Å²) in [4.78, 5) is 32.6. The molecule has 2 rings (SSSR count). The molecule has 0 saturated heterocycles. The van der Waals surface area contributed by atoms with Crippen molar-refractivity contribution in [2.24, 2.45) is 0 Å². The fourth-order valence-corrected chi connectivity index (χ4v) is 2.13. The van der Waals surface area contributed by atoms with Crippen LogP contribution in [0.4, 0.5) is 0 Å². The van der Waals surface area contributed by atoms with Gasteiger partial charge in [0.2, 0.25) is 0 Å². The van der Waals surface area contributed by atoms with Crippen molar-refractivity contribution in [1.82, 2.24) is 9.38 Å². The molecule has 1 atom stereocenters. The van der Waals surface area contributed by atoms with E-state index in [4.69, 9.17) is 14.9 Å². The average Bonchev–Trinajstić information content (AvgIpc) is 2.70. The minimum Gasteiger partial charge on any atom is -0.477 e. The standard InChI is InChI=1S/C9H9N2O6P/c12-8(13)6-4-10-7-3-1-2-5(11(6)7)9(14)18(15,16)17/h1-4,9,14H,(H,12,13)(H2,15,16,17). The molecule has 0 amide bonds. The summed E-state index contributed by atoms with van der Waals surface area (Å²) in [6.07, 6.45) is 1.05. The van der Waals surface area contributed by atoms with E-state index in [1.807, 2.05) is 0 Å². The normalized spacial score (nSPS) is 13.7. The van der Waals surface area contributed by atoms with Crippen LogP contribution in [0.2, 0.25) is 0 Å². The van der Waals surface area contributed by atoms with E-state index in [-0.39, 0.29) is 17.0 Å². The summed E-state index contributed by atoms with van der Waals surface area (Å²) in [7, 11) is -4.79. The van der Waals surface area contributed by atoms with Gasteiger partial charge in [-0.1, -0.05) is 6.07 Å². The smallest absolute Gasteiger partial charge is 0.359 e. The van der Waals surface area contributed by atoms with Gasteiger partial charge in [-0.2, -0.15) is 0 Å². The molecule has 0 aliphatic rings. The molecule has 2 aromatic heterocycles.